The predicted molar refractivity (Wildman–Crippen MR) is 157 cm³/mol. The molecule has 210 valence electrons. The van der Waals surface area contributed by atoms with E-state index in [0.29, 0.717) is 27.6 Å². The fourth-order valence-corrected chi connectivity index (χ4v) is 5.88. The van der Waals surface area contributed by atoms with Crippen molar-refractivity contribution < 1.29 is 23.9 Å². The number of rotatable bonds is 8. The number of thiophene rings is 1. The molecule has 10 nitrogen and oxygen atoms in total. The molecule has 0 spiro atoms. The molecule has 2 heterocycles. The Bertz CT molecular complexity index is 1590. The second-order valence-corrected chi connectivity index (χ2v) is 10.3. The lowest BCUT2D eigenvalue weighted by Crippen LogP contribution is -2.32. The van der Waals surface area contributed by atoms with Gasteiger partial charge in [-0.2, -0.15) is 10.2 Å². The molecule has 5 rings (SSSR count). The van der Waals surface area contributed by atoms with Gasteiger partial charge in [0.25, 0.3) is 0 Å². The Balaban J connectivity index is 1.34. The van der Waals surface area contributed by atoms with Crippen LogP contribution in [0.25, 0.3) is 16.9 Å². The van der Waals surface area contributed by atoms with Crippen molar-refractivity contribution in [2.75, 3.05) is 19.0 Å². The minimum Gasteiger partial charge on any atom is -0.497 e. The number of fused-ring (bicyclic) bond motifs is 1. The molecule has 4 aromatic rings. The number of anilines is 1. The number of ether oxygens (including phenoxy) is 2. The highest BCUT2D eigenvalue weighted by molar-refractivity contribution is 7.17. The summed E-state index contributed by atoms with van der Waals surface area (Å²) in [4.78, 5) is 39.1. The summed E-state index contributed by atoms with van der Waals surface area (Å²) >= 11 is 1.31. The number of esters is 1. The van der Waals surface area contributed by atoms with Gasteiger partial charge in [0, 0.05) is 22.2 Å². The molecule has 2 amide bonds. The number of nitrogens with one attached hydrogen (secondary N) is 2. The van der Waals surface area contributed by atoms with E-state index in [-0.39, 0.29) is 6.61 Å². The largest absolute Gasteiger partial charge is 0.497 e. The third kappa shape index (κ3) is 6.20. The highest BCUT2D eigenvalue weighted by Crippen LogP contribution is 2.38. The van der Waals surface area contributed by atoms with Crippen molar-refractivity contribution in [2.45, 2.75) is 32.6 Å². The quantitative estimate of drug-likeness (QED) is 0.136. The van der Waals surface area contributed by atoms with Gasteiger partial charge in [-0.25, -0.2) is 14.9 Å². The molecule has 2 aromatic heterocycles. The Kier molecular flexibility index (Phi) is 8.54. The number of methoxy groups -OCH3 is 1. The molecule has 2 N–H and O–H groups in total. The van der Waals surface area contributed by atoms with Crippen molar-refractivity contribution in [3.8, 4) is 22.7 Å². The van der Waals surface area contributed by atoms with E-state index in [4.69, 9.17) is 14.6 Å². The van der Waals surface area contributed by atoms with Crippen LogP contribution in [-0.2, 0) is 27.2 Å². The van der Waals surface area contributed by atoms with E-state index >= 15 is 0 Å². The SMILES string of the molecule is CCOC(=O)c1c(NC(=O)C(=O)N/N=C/c2cn(-c3ccccc3)nc2-c2ccc(OC)cc2)sc2c1CCCC2. The number of amides is 2. The molecule has 0 fully saturated rings. The van der Waals surface area contributed by atoms with Gasteiger partial charge in [-0.3, -0.25) is 9.59 Å². The monoisotopic (exact) mass is 571 g/mol. The number of hydrazone groups is 1. The zero-order valence-corrected chi connectivity index (χ0v) is 23.5. The second kappa shape index (κ2) is 12.6. The van der Waals surface area contributed by atoms with Gasteiger partial charge in [0.1, 0.15) is 16.4 Å². The lowest BCUT2D eigenvalue weighted by Gasteiger charge is -2.12. The summed E-state index contributed by atoms with van der Waals surface area (Å²) < 4.78 is 12.2. The molecule has 1 aliphatic carbocycles. The van der Waals surface area contributed by atoms with Gasteiger partial charge in [0.05, 0.1) is 31.2 Å². The van der Waals surface area contributed by atoms with E-state index in [1.54, 1.807) is 24.9 Å². The van der Waals surface area contributed by atoms with E-state index < -0.39 is 17.8 Å². The average Bonchev–Trinajstić information content (AvgIpc) is 3.59. The minimum atomic E-state index is -0.969. The molecule has 11 heteroatoms. The first-order chi connectivity index (χ1) is 20.0. The van der Waals surface area contributed by atoms with Crippen molar-refractivity contribution in [3.05, 3.63) is 82.4 Å². The van der Waals surface area contributed by atoms with Crippen LogP contribution < -0.4 is 15.5 Å². The molecule has 1 aliphatic rings. The van der Waals surface area contributed by atoms with Gasteiger partial charge in [-0.15, -0.1) is 11.3 Å². The highest BCUT2D eigenvalue weighted by atomic mass is 32.1. The second-order valence-electron chi connectivity index (χ2n) is 9.23. The maximum absolute atomic E-state index is 12.8. The van der Waals surface area contributed by atoms with Crippen molar-refractivity contribution in [3.63, 3.8) is 0 Å². The number of para-hydroxylation sites is 1. The molecular formula is C30H29N5O5S. The van der Waals surface area contributed by atoms with Crippen LogP contribution in [0, 0.1) is 0 Å². The third-order valence-corrected chi connectivity index (χ3v) is 7.79. The summed E-state index contributed by atoms with van der Waals surface area (Å²) in [5.41, 5.74) is 6.44. The summed E-state index contributed by atoms with van der Waals surface area (Å²) in [6.07, 6.45) is 6.75. The number of carbonyl (C=O) groups excluding carboxylic acids is 3. The van der Waals surface area contributed by atoms with Crippen LogP contribution in [-0.4, -0.2) is 47.5 Å². The summed E-state index contributed by atoms with van der Waals surface area (Å²) in [5, 5.41) is 11.7. The van der Waals surface area contributed by atoms with Crippen LogP contribution in [0.15, 0.2) is 65.9 Å². The maximum atomic E-state index is 12.8. The van der Waals surface area contributed by atoms with Crippen LogP contribution in [0.1, 0.15) is 46.1 Å². The standard InChI is InChI=1S/C30H29N5O5S/c1-3-40-30(38)25-23-11-7-8-12-24(23)41-29(25)32-27(36)28(37)33-31-17-20-18-35(21-9-5-4-6-10-21)34-26(20)19-13-15-22(39-2)16-14-19/h4-6,9-10,13-18H,3,7-8,11-12H2,1-2H3,(H,32,36)(H,33,37)/b31-17+. The first-order valence-corrected chi connectivity index (χ1v) is 14.1. The molecule has 0 saturated carbocycles. The van der Waals surface area contributed by atoms with Gasteiger partial charge < -0.3 is 14.8 Å². The molecule has 2 aromatic carbocycles. The Morgan fingerprint density at radius 1 is 1.05 bits per heavy atom. The predicted octanol–water partition coefficient (Wildman–Crippen LogP) is 4.75. The fraction of sp³-hybridized carbons (Fsp3) is 0.233. The zero-order valence-electron chi connectivity index (χ0n) is 22.7. The Hall–Kier alpha value is -4.77. The zero-order chi connectivity index (χ0) is 28.8. The lowest BCUT2D eigenvalue weighted by atomic mass is 9.95. The number of hydrogen-bond acceptors (Lipinski definition) is 8. The molecular weight excluding hydrogens is 542 g/mol. The molecule has 0 atom stereocenters. The number of benzene rings is 2. The van der Waals surface area contributed by atoms with E-state index in [0.717, 1.165) is 47.4 Å². The molecule has 0 saturated heterocycles. The van der Waals surface area contributed by atoms with Crippen LogP contribution in [0.5, 0.6) is 5.75 Å². The Morgan fingerprint density at radius 3 is 2.54 bits per heavy atom. The summed E-state index contributed by atoms with van der Waals surface area (Å²) in [7, 11) is 1.60. The van der Waals surface area contributed by atoms with Crippen LogP contribution in [0.3, 0.4) is 0 Å². The van der Waals surface area contributed by atoms with Crippen LogP contribution in [0.2, 0.25) is 0 Å². The first-order valence-electron chi connectivity index (χ1n) is 13.2. The normalized spacial score (nSPS) is 12.5. The van der Waals surface area contributed by atoms with Crippen molar-refractivity contribution in [2.24, 2.45) is 5.10 Å². The maximum Gasteiger partial charge on any atom is 0.341 e. The van der Waals surface area contributed by atoms with Gasteiger partial charge >= 0.3 is 17.8 Å². The lowest BCUT2D eigenvalue weighted by molar-refractivity contribution is -0.136. The van der Waals surface area contributed by atoms with Crippen molar-refractivity contribution in [1.29, 1.82) is 0 Å². The van der Waals surface area contributed by atoms with Gasteiger partial charge in [0.15, 0.2) is 0 Å². The van der Waals surface area contributed by atoms with E-state index in [2.05, 4.69) is 15.8 Å². The van der Waals surface area contributed by atoms with Gasteiger partial charge in [0.2, 0.25) is 0 Å². The molecule has 41 heavy (non-hydrogen) atoms. The molecule has 0 unspecified atom stereocenters. The molecule has 0 radical (unpaired) electrons. The average molecular weight is 572 g/mol. The molecule has 0 bridgehead atoms. The first kappa shape index (κ1) is 27.8. The van der Waals surface area contributed by atoms with Gasteiger partial charge in [-0.05, 0) is 74.6 Å². The number of carbonyl (C=O) groups is 3. The summed E-state index contributed by atoms with van der Waals surface area (Å²) in [6.45, 7) is 1.94. The Morgan fingerprint density at radius 2 is 1.80 bits per heavy atom. The summed E-state index contributed by atoms with van der Waals surface area (Å²) in [6, 6.07) is 17.0. The van der Waals surface area contributed by atoms with E-state index in [9.17, 15) is 14.4 Å². The van der Waals surface area contributed by atoms with Crippen molar-refractivity contribution >= 4 is 40.3 Å². The number of aromatic nitrogens is 2. The molecule has 0 aliphatic heterocycles. The summed E-state index contributed by atoms with van der Waals surface area (Å²) in [5.74, 6) is -1.69. The fourth-order valence-electron chi connectivity index (χ4n) is 4.61. The number of nitrogens with zero attached hydrogens (tertiary/aromatic N) is 3. The van der Waals surface area contributed by atoms with E-state index in [1.807, 2.05) is 54.6 Å². The minimum absolute atomic E-state index is 0.214. The Labute approximate surface area is 241 Å². The van der Waals surface area contributed by atoms with E-state index in [1.165, 1.54) is 17.6 Å². The van der Waals surface area contributed by atoms with Crippen molar-refractivity contribution in [1.82, 2.24) is 15.2 Å². The smallest absolute Gasteiger partial charge is 0.341 e. The topological polar surface area (TPSA) is 124 Å². The van der Waals surface area contributed by atoms with Crippen LogP contribution in [0.4, 0.5) is 5.00 Å². The highest BCUT2D eigenvalue weighted by Gasteiger charge is 2.28. The van der Waals surface area contributed by atoms with Gasteiger partial charge in [-0.1, -0.05) is 18.2 Å². The number of aryl methyl sites for hydroxylation is 1. The van der Waals surface area contributed by atoms with Crippen LogP contribution >= 0.6 is 11.3 Å². The number of hydrogen-bond donors (Lipinski definition) is 2. The third-order valence-electron chi connectivity index (χ3n) is 6.58.